The predicted molar refractivity (Wildman–Crippen MR) is 83.5 cm³/mol. The zero-order valence-electron chi connectivity index (χ0n) is 13.3. The average Bonchev–Trinajstić information content (AvgIpc) is 2.46. The summed E-state index contributed by atoms with van der Waals surface area (Å²) >= 11 is 0. The van der Waals surface area contributed by atoms with E-state index in [0.717, 1.165) is 49.8 Å². The highest BCUT2D eigenvalue weighted by atomic mass is 16.3. The van der Waals surface area contributed by atoms with E-state index in [9.17, 15) is 5.11 Å². The van der Waals surface area contributed by atoms with Gasteiger partial charge in [0.05, 0.1) is 6.61 Å². The van der Waals surface area contributed by atoms with Crippen LogP contribution in [0.25, 0.3) is 0 Å². The molecule has 21 heavy (non-hydrogen) atoms. The normalized spacial score (nSPS) is 30.3. The topological polar surface area (TPSA) is 52.5 Å². The largest absolute Gasteiger partial charge is 0.396 e. The lowest BCUT2D eigenvalue weighted by Gasteiger charge is -2.53. The lowest BCUT2D eigenvalue weighted by atomic mass is 9.69. The molecule has 1 aromatic heterocycles. The lowest BCUT2D eigenvalue weighted by Crippen LogP contribution is -2.61. The Morgan fingerprint density at radius 1 is 1.24 bits per heavy atom. The van der Waals surface area contributed by atoms with E-state index in [1.54, 1.807) is 0 Å². The van der Waals surface area contributed by atoms with Crippen LogP contribution in [0, 0.1) is 19.3 Å². The molecule has 0 bridgehead atoms. The number of likely N-dealkylation sites (N-methyl/N-ethyl adjacent to an activating group) is 1. The van der Waals surface area contributed by atoms with Gasteiger partial charge in [-0.25, -0.2) is 9.97 Å². The molecule has 2 fully saturated rings. The smallest absolute Gasteiger partial charge is 0.225 e. The zero-order chi connectivity index (χ0) is 15.0. The van der Waals surface area contributed by atoms with Gasteiger partial charge in [-0.15, -0.1) is 0 Å². The molecule has 0 saturated carbocycles. The monoisotopic (exact) mass is 290 g/mol. The molecule has 2 aliphatic heterocycles. The van der Waals surface area contributed by atoms with Crippen LogP contribution in [0.15, 0.2) is 6.07 Å². The van der Waals surface area contributed by atoms with Crippen LogP contribution in [0.2, 0.25) is 0 Å². The Morgan fingerprint density at radius 2 is 1.95 bits per heavy atom. The van der Waals surface area contributed by atoms with Crippen molar-refractivity contribution in [3.05, 3.63) is 17.5 Å². The van der Waals surface area contributed by atoms with Crippen molar-refractivity contribution in [1.29, 1.82) is 0 Å². The Labute approximate surface area is 127 Å². The number of hydrogen-bond donors (Lipinski definition) is 1. The minimum Gasteiger partial charge on any atom is -0.396 e. The van der Waals surface area contributed by atoms with Gasteiger partial charge in [0.15, 0.2) is 0 Å². The molecular weight excluding hydrogens is 264 g/mol. The van der Waals surface area contributed by atoms with Crippen LogP contribution in [0.5, 0.6) is 0 Å². The molecule has 0 spiro atoms. The van der Waals surface area contributed by atoms with Crippen LogP contribution >= 0.6 is 0 Å². The van der Waals surface area contributed by atoms with Crippen LogP contribution in [-0.2, 0) is 0 Å². The lowest BCUT2D eigenvalue weighted by molar-refractivity contribution is -0.0279. The number of aliphatic hydroxyl groups is 1. The number of aryl methyl sites for hydroxylation is 2. The molecule has 5 nitrogen and oxygen atoms in total. The molecule has 2 aliphatic rings. The second-order valence-corrected chi connectivity index (χ2v) is 6.77. The molecule has 3 heterocycles. The van der Waals surface area contributed by atoms with Gasteiger partial charge >= 0.3 is 0 Å². The Morgan fingerprint density at radius 3 is 2.62 bits per heavy atom. The van der Waals surface area contributed by atoms with Crippen molar-refractivity contribution in [3.8, 4) is 0 Å². The van der Waals surface area contributed by atoms with E-state index in [1.165, 1.54) is 6.42 Å². The van der Waals surface area contributed by atoms with Gasteiger partial charge in [-0.2, -0.15) is 0 Å². The molecule has 1 N–H and O–H groups in total. The van der Waals surface area contributed by atoms with Gasteiger partial charge < -0.3 is 14.9 Å². The summed E-state index contributed by atoms with van der Waals surface area (Å²) in [4.78, 5) is 13.9. The first-order chi connectivity index (χ1) is 10.0. The van der Waals surface area contributed by atoms with E-state index >= 15 is 0 Å². The summed E-state index contributed by atoms with van der Waals surface area (Å²) in [5.41, 5.74) is 2.12. The van der Waals surface area contributed by atoms with Crippen molar-refractivity contribution in [2.45, 2.75) is 39.2 Å². The van der Waals surface area contributed by atoms with Crippen LogP contribution < -0.4 is 4.90 Å². The van der Waals surface area contributed by atoms with Gasteiger partial charge in [-0.3, -0.25) is 0 Å². The maximum atomic E-state index is 9.96. The molecule has 0 amide bonds. The van der Waals surface area contributed by atoms with Gasteiger partial charge in [0.25, 0.3) is 0 Å². The van der Waals surface area contributed by atoms with Crippen molar-refractivity contribution in [3.63, 3.8) is 0 Å². The van der Waals surface area contributed by atoms with Gasteiger partial charge in [0.1, 0.15) is 0 Å². The van der Waals surface area contributed by atoms with E-state index in [-0.39, 0.29) is 5.41 Å². The summed E-state index contributed by atoms with van der Waals surface area (Å²) in [6, 6.07) is 2.41. The third-order valence-corrected chi connectivity index (χ3v) is 5.27. The fraction of sp³-hybridized carbons (Fsp3) is 0.750. The van der Waals surface area contributed by atoms with E-state index in [0.29, 0.717) is 12.6 Å². The first-order valence-electron chi connectivity index (χ1n) is 7.92. The molecule has 2 atom stereocenters. The maximum absolute atomic E-state index is 9.96. The van der Waals surface area contributed by atoms with Gasteiger partial charge in [-0.05, 0) is 52.8 Å². The number of piperidine rings is 2. The first-order valence-corrected chi connectivity index (χ1v) is 7.92. The molecule has 5 heteroatoms. The molecule has 1 aromatic rings. The van der Waals surface area contributed by atoms with Crippen molar-refractivity contribution in [1.82, 2.24) is 14.9 Å². The quantitative estimate of drug-likeness (QED) is 0.892. The SMILES string of the molecule is Cc1cc(C)nc(N2CC[C@@]3(CO)CCCN(C)[C@@H]3C2)n1. The second kappa shape index (κ2) is 5.54. The highest BCUT2D eigenvalue weighted by Gasteiger charge is 2.46. The number of nitrogens with zero attached hydrogens (tertiary/aromatic N) is 4. The van der Waals surface area contributed by atoms with Crippen LogP contribution in [-0.4, -0.2) is 59.3 Å². The predicted octanol–water partition coefficient (Wildman–Crippen LogP) is 1.38. The van der Waals surface area contributed by atoms with Crippen LogP contribution in [0.4, 0.5) is 5.95 Å². The van der Waals surface area contributed by atoms with E-state index < -0.39 is 0 Å². The maximum Gasteiger partial charge on any atom is 0.225 e. The third kappa shape index (κ3) is 2.64. The van der Waals surface area contributed by atoms with Crippen LogP contribution in [0.1, 0.15) is 30.7 Å². The molecular formula is C16H26N4O. The molecule has 2 saturated heterocycles. The molecule has 116 valence electrons. The Balaban J connectivity index is 1.85. The summed E-state index contributed by atoms with van der Waals surface area (Å²) < 4.78 is 0. The second-order valence-electron chi connectivity index (χ2n) is 6.77. The number of fused-ring (bicyclic) bond motifs is 1. The van der Waals surface area contributed by atoms with Crippen molar-refractivity contribution < 1.29 is 5.11 Å². The highest BCUT2D eigenvalue weighted by Crippen LogP contribution is 2.42. The Kier molecular flexibility index (Phi) is 3.88. The van der Waals surface area contributed by atoms with Crippen molar-refractivity contribution in [2.24, 2.45) is 5.41 Å². The standard InChI is InChI=1S/C16H26N4O/c1-12-9-13(2)18-15(17-12)20-8-6-16(11-21)5-4-7-19(3)14(16)10-20/h9,14,21H,4-8,10-11H2,1-3H3/t14-,16-/m1/s1. The number of hydrogen-bond acceptors (Lipinski definition) is 5. The van der Waals surface area contributed by atoms with E-state index in [4.69, 9.17) is 0 Å². The van der Waals surface area contributed by atoms with Crippen LogP contribution in [0.3, 0.4) is 0 Å². The highest BCUT2D eigenvalue weighted by molar-refractivity contribution is 5.34. The number of rotatable bonds is 2. The summed E-state index contributed by atoms with van der Waals surface area (Å²) in [7, 11) is 2.18. The Hall–Kier alpha value is -1.20. The average molecular weight is 290 g/mol. The zero-order valence-corrected chi connectivity index (χ0v) is 13.3. The molecule has 0 aromatic carbocycles. The van der Waals surface area contributed by atoms with Crippen molar-refractivity contribution >= 4 is 5.95 Å². The summed E-state index contributed by atoms with van der Waals surface area (Å²) in [5.74, 6) is 0.845. The minimum atomic E-state index is 0.0718. The number of aromatic nitrogens is 2. The van der Waals surface area contributed by atoms with Gasteiger partial charge in [0.2, 0.25) is 5.95 Å². The first kappa shape index (κ1) is 14.7. The van der Waals surface area contributed by atoms with Gasteiger partial charge in [0, 0.05) is 35.9 Å². The molecule has 3 rings (SSSR count). The van der Waals surface area contributed by atoms with E-state index in [1.807, 2.05) is 19.9 Å². The number of aliphatic hydroxyl groups excluding tert-OH is 1. The fourth-order valence-electron chi connectivity index (χ4n) is 4.05. The summed E-state index contributed by atoms with van der Waals surface area (Å²) in [6.07, 6.45) is 3.35. The summed E-state index contributed by atoms with van der Waals surface area (Å²) in [5, 5.41) is 9.96. The van der Waals surface area contributed by atoms with Crippen molar-refractivity contribution in [2.75, 3.05) is 38.2 Å². The molecule has 0 aliphatic carbocycles. The molecule has 0 radical (unpaired) electrons. The molecule has 0 unspecified atom stereocenters. The minimum absolute atomic E-state index is 0.0718. The number of anilines is 1. The third-order valence-electron chi connectivity index (χ3n) is 5.27. The summed E-state index contributed by atoms with van der Waals surface area (Å²) in [6.45, 7) is 7.31. The number of likely N-dealkylation sites (tertiary alicyclic amines) is 1. The fourth-order valence-corrected chi connectivity index (χ4v) is 4.05. The van der Waals surface area contributed by atoms with Gasteiger partial charge in [-0.1, -0.05) is 0 Å². The Bertz CT molecular complexity index is 501. The van der Waals surface area contributed by atoms with E-state index in [2.05, 4.69) is 26.8 Å².